The van der Waals surface area contributed by atoms with Gasteiger partial charge in [-0.2, -0.15) is 0 Å². The van der Waals surface area contributed by atoms with E-state index in [-0.39, 0.29) is 24.5 Å². The van der Waals surface area contributed by atoms with E-state index in [4.69, 9.17) is 9.84 Å². The van der Waals surface area contributed by atoms with Crippen LogP contribution in [0.5, 0.6) is 0 Å². The summed E-state index contributed by atoms with van der Waals surface area (Å²) >= 11 is 0. The summed E-state index contributed by atoms with van der Waals surface area (Å²) in [5, 5.41) is 14.4. The van der Waals surface area contributed by atoms with Crippen molar-refractivity contribution in [2.75, 3.05) is 26.3 Å². The number of alkyl halides is 2. The van der Waals surface area contributed by atoms with Gasteiger partial charge in [0, 0.05) is 12.6 Å². The van der Waals surface area contributed by atoms with Crippen LogP contribution in [0.25, 0.3) is 0 Å². The normalized spacial score (nSPS) is 25.4. The minimum atomic E-state index is -2.85. The lowest BCUT2D eigenvalue weighted by molar-refractivity contribution is -0.126. The summed E-state index contributed by atoms with van der Waals surface area (Å²) in [4.78, 5) is 11.8. The van der Waals surface area contributed by atoms with Crippen LogP contribution in [0.15, 0.2) is 0 Å². The van der Waals surface area contributed by atoms with Crippen LogP contribution in [0.3, 0.4) is 0 Å². The standard InChI is InChI=1S/C11H20F2N2O3/c1-2-3-14-8-6-18-5-7(8)11(17)15-4-9(16)10(12)13/h7-10,14,16H,2-6H2,1H3,(H,15,17). The van der Waals surface area contributed by atoms with E-state index in [9.17, 15) is 13.6 Å². The van der Waals surface area contributed by atoms with Crippen LogP contribution in [0.4, 0.5) is 8.78 Å². The van der Waals surface area contributed by atoms with E-state index < -0.39 is 19.1 Å². The molecule has 106 valence electrons. The first-order valence-corrected chi connectivity index (χ1v) is 6.11. The molecule has 1 aliphatic heterocycles. The summed E-state index contributed by atoms with van der Waals surface area (Å²) in [7, 11) is 0. The van der Waals surface area contributed by atoms with Gasteiger partial charge in [0.25, 0.3) is 6.43 Å². The summed E-state index contributed by atoms with van der Waals surface area (Å²) in [6, 6.07) is -0.0892. The number of ether oxygens (including phenoxy) is 1. The topological polar surface area (TPSA) is 70.6 Å². The Labute approximate surface area is 105 Å². The fourth-order valence-corrected chi connectivity index (χ4v) is 1.77. The summed E-state index contributed by atoms with van der Waals surface area (Å²) < 4.78 is 29.3. The first-order valence-electron chi connectivity index (χ1n) is 6.11. The number of carbonyl (C=O) groups is 1. The van der Waals surface area contributed by atoms with E-state index >= 15 is 0 Å². The summed E-state index contributed by atoms with van der Waals surface area (Å²) in [5.41, 5.74) is 0. The number of nitrogens with one attached hydrogen (secondary N) is 2. The first kappa shape index (κ1) is 15.3. The van der Waals surface area contributed by atoms with Crippen molar-refractivity contribution in [3.05, 3.63) is 0 Å². The van der Waals surface area contributed by atoms with Gasteiger partial charge in [-0.3, -0.25) is 4.79 Å². The molecule has 1 amide bonds. The molecular formula is C11H20F2N2O3. The zero-order valence-electron chi connectivity index (χ0n) is 10.4. The predicted octanol–water partition coefficient (Wildman–Crippen LogP) is -0.257. The van der Waals surface area contributed by atoms with Gasteiger partial charge in [0.05, 0.1) is 19.1 Å². The maximum atomic E-state index is 12.1. The quantitative estimate of drug-likeness (QED) is 0.594. The van der Waals surface area contributed by atoms with Crippen molar-refractivity contribution in [3.8, 4) is 0 Å². The molecule has 1 heterocycles. The lowest BCUT2D eigenvalue weighted by Crippen LogP contribution is -2.46. The molecule has 3 atom stereocenters. The van der Waals surface area contributed by atoms with Crippen molar-refractivity contribution < 1.29 is 23.4 Å². The molecule has 0 radical (unpaired) electrons. The fraction of sp³-hybridized carbons (Fsp3) is 0.909. The number of rotatable bonds is 7. The summed E-state index contributed by atoms with van der Waals surface area (Å²) in [5.74, 6) is -0.748. The Kier molecular flexibility index (Phi) is 6.45. The van der Waals surface area contributed by atoms with Crippen LogP contribution in [0.1, 0.15) is 13.3 Å². The molecule has 0 bridgehead atoms. The molecule has 5 nitrogen and oxygen atoms in total. The molecule has 7 heteroatoms. The minimum Gasteiger partial charge on any atom is -0.385 e. The van der Waals surface area contributed by atoms with Crippen LogP contribution in [0.2, 0.25) is 0 Å². The Hall–Kier alpha value is -0.790. The second kappa shape index (κ2) is 7.60. The van der Waals surface area contributed by atoms with Gasteiger partial charge in [0.1, 0.15) is 6.10 Å². The molecular weight excluding hydrogens is 246 g/mol. The van der Waals surface area contributed by atoms with Crippen LogP contribution in [-0.2, 0) is 9.53 Å². The molecule has 1 aliphatic rings. The molecule has 0 aliphatic carbocycles. The zero-order valence-corrected chi connectivity index (χ0v) is 10.4. The van der Waals surface area contributed by atoms with Crippen LogP contribution in [-0.4, -0.2) is 55.9 Å². The molecule has 0 aromatic rings. The molecule has 0 aromatic carbocycles. The van der Waals surface area contributed by atoms with E-state index in [0.29, 0.717) is 6.61 Å². The average Bonchev–Trinajstić information content (AvgIpc) is 2.81. The van der Waals surface area contributed by atoms with Gasteiger partial charge in [0.2, 0.25) is 5.91 Å². The average molecular weight is 266 g/mol. The minimum absolute atomic E-state index is 0.0892. The molecule has 3 N–H and O–H groups in total. The third kappa shape index (κ3) is 4.47. The highest BCUT2D eigenvalue weighted by Crippen LogP contribution is 2.14. The summed E-state index contributed by atoms with van der Waals surface area (Å²) in [6.45, 7) is 3.06. The lowest BCUT2D eigenvalue weighted by atomic mass is 10.0. The molecule has 3 unspecified atom stereocenters. The van der Waals surface area contributed by atoms with E-state index in [1.54, 1.807) is 0 Å². The van der Waals surface area contributed by atoms with Crippen LogP contribution in [0, 0.1) is 5.92 Å². The number of aliphatic hydroxyl groups excluding tert-OH is 1. The molecule has 0 aromatic heterocycles. The monoisotopic (exact) mass is 266 g/mol. The Balaban J connectivity index is 2.35. The number of carbonyl (C=O) groups excluding carboxylic acids is 1. The Morgan fingerprint density at radius 1 is 1.50 bits per heavy atom. The van der Waals surface area contributed by atoms with Gasteiger partial charge in [0.15, 0.2) is 0 Å². The van der Waals surface area contributed by atoms with Crippen molar-refractivity contribution in [1.29, 1.82) is 0 Å². The van der Waals surface area contributed by atoms with Crippen molar-refractivity contribution in [2.45, 2.75) is 31.9 Å². The molecule has 1 fully saturated rings. The van der Waals surface area contributed by atoms with E-state index in [1.807, 2.05) is 6.92 Å². The van der Waals surface area contributed by atoms with Crippen molar-refractivity contribution in [2.24, 2.45) is 5.92 Å². The van der Waals surface area contributed by atoms with Gasteiger partial charge in [-0.1, -0.05) is 6.92 Å². The van der Waals surface area contributed by atoms with Gasteiger partial charge in [-0.05, 0) is 13.0 Å². The second-order valence-corrected chi connectivity index (χ2v) is 4.35. The van der Waals surface area contributed by atoms with E-state index in [2.05, 4.69) is 10.6 Å². The highest BCUT2D eigenvalue weighted by molar-refractivity contribution is 5.79. The Bertz CT molecular complexity index is 267. The molecule has 18 heavy (non-hydrogen) atoms. The number of hydrogen-bond donors (Lipinski definition) is 3. The maximum absolute atomic E-state index is 12.1. The third-order valence-electron chi connectivity index (χ3n) is 2.85. The summed E-state index contributed by atoms with van der Waals surface area (Å²) in [6.07, 6.45) is -3.73. The zero-order chi connectivity index (χ0) is 13.5. The highest BCUT2D eigenvalue weighted by Gasteiger charge is 2.33. The third-order valence-corrected chi connectivity index (χ3v) is 2.85. The number of hydrogen-bond acceptors (Lipinski definition) is 4. The molecule has 0 spiro atoms. The van der Waals surface area contributed by atoms with Gasteiger partial charge < -0.3 is 20.5 Å². The van der Waals surface area contributed by atoms with E-state index in [0.717, 1.165) is 13.0 Å². The SMILES string of the molecule is CCCNC1COCC1C(=O)NCC(O)C(F)F. The Morgan fingerprint density at radius 3 is 2.83 bits per heavy atom. The first-order chi connectivity index (χ1) is 8.56. The second-order valence-electron chi connectivity index (χ2n) is 4.35. The van der Waals surface area contributed by atoms with Gasteiger partial charge in [-0.15, -0.1) is 0 Å². The smallest absolute Gasteiger partial charge is 0.265 e. The Morgan fingerprint density at radius 2 is 2.22 bits per heavy atom. The molecule has 0 saturated carbocycles. The fourth-order valence-electron chi connectivity index (χ4n) is 1.77. The highest BCUT2D eigenvalue weighted by atomic mass is 19.3. The lowest BCUT2D eigenvalue weighted by Gasteiger charge is -2.19. The predicted molar refractivity (Wildman–Crippen MR) is 61.4 cm³/mol. The number of halogens is 2. The van der Waals surface area contributed by atoms with Gasteiger partial charge in [-0.25, -0.2) is 8.78 Å². The van der Waals surface area contributed by atoms with Crippen molar-refractivity contribution in [1.82, 2.24) is 10.6 Å². The van der Waals surface area contributed by atoms with Crippen LogP contribution < -0.4 is 10.6 Å². The maximum Gasteiger partial charge on any atom is 0.265 e. The van der Waals surface area contributed by atoms with Crippen molar-refractivity contribution >= 4 is 5.91 Å². The molecule has 1 saturated heterocycles. The van der Waals surface area contributed by atoms with Gasteiger partial charge >= 0.3 is 0 Å². The number of aliphatic hydroxyl groups is 1. The largest absolute Gasteiger partial charge is 0.385 e. The molecule has 1 rings (SSSR count). The van der Waals surface area contributed by atoms with Crippen molar-refractivity contribution in [3.63, 3.8) is 0 Å². The van der Waals surface area contributed by atoms with Crippen LogP contribution >= 0.6 is 0 Å². The van der Waals surface area contributed by atoms with E-state index in [1.165, 1.54) is 0 Å². The number of amides is 1.